The molecule has 1 atom stereocenters. The van der Waals surface area contributed by atoms with E-state index in [-0.39, 0.29) is 5.91 Å². The Morgan fingerprint density at radius 2 is 2.04 bits per heavy atom. The second kappa shape index (κ2) is 8.41. The second-order valence-electron chi connectivity index (χ2n) is 7.28. The molecule has 2 heterocycles. The lowest BCUT2D eigenvalue weighted by Crippen LogP contribution is -2.40. The Kier molecular flexibility index (Phi) is 5.98. The van der Waals surface area contributed by atoms with E-state index in [1.807, 2.05) is 4.90 Å². The number of piperidine rings is 1. The third-order valence-electron chi connectivity index (χ3n) is 5.11. The smallest absolute Gasteiger partial charge is 0.254 e. The van der Waals surface area contributed by atoms with E-state index in [4.69, 9.17) is 9.47 Å². The molecule has 1 aromatic carbocycles. The Labute approximate surface area is 160 Å². The van der Waals surface area contributed by atoms with Gasteiger partial charge in [0.15, 0.2) is 11.5 Å². The van der Waals surface area contributed by atoms with E-state index in [1.54, 1.807) is 38.7 Å². The number of likely N-dealkylation sites (tertiary alicyclic amines) is 1. The lowest BCUT2D eigenvalue weighted by molar-refractivity contribution is 0.0671. The van der Waals surface area contributed by atoms with Crippen molar-refractivity contribution < 1.29 is 14.3 Å². The highest BCUT2D eigenvalue weighted by Gasteiger charge is 2.26. The van der Waals surface area contributed by atoms with Crippen molar-refractivity contribution in [2.75, 3.05) is 27.3 Å². The van der Waals surface area contributed by atoms with Crippen LogP contribution < -0.4 is 9.47 Å². The summed E-state index contributed by atoms with van der Waals surface area (Å²) in [6.07, 6.45) is 4.73. The second-order valence-corrected chi connectivity index (χ2v) is 7.28. The normalized spacial score (nSPS) is 17.2. The first-order valence-electron chi connectivity index (χ1n) is 9.43. The standard InChI is InChI=1S/C20H28N4O3/c1-14(2)24-13-21-22-19(24)10-15-6-5-9-23(12-15)20(25)16-7-8-17(26-3)18(11-16)27-4/h7-8,11,13-15H,5-6,9-10,12H2,1-4H3. The molecule has 1 fully saturated rings. The number of nitrogens with zero attached hydrogens (tertiary/aromatic N) is 4. The molecule has 7 nitrogen and oxygen atoms in total. The van der Waals surface area contributed by atoms with Crippen LogP contribution in [-0.2, 0) is 6.42 Å². The largest absolute Gasteiger partial charge is 0.493 e. The quantitative estimate of drug-likeness (QED) is 0.780. The molecule has 1 unspecified atom stereocenters. The van der Waals surface area contributed by atoms with Gasteiger partial charge in [-0.05, 0) is 50.8 Å². The highest BCUT2D eigenvalue weighted by atomic mass is 16.5. The summed E-state index contributed by atoms with van der Waals surface area (Å²) in [5, 5.41) is 8.33. The first-order valence-corrected chi connectivity index (χ1v) is 9.43. The minimum Gasteiger partial charge on any atom is -0.493 e. The molecule has 27 heavy (non-hydrogen) atoms. The van der Waals surface area contributed by atoms with Gasteiger partial charge in [-0.1, -0.05) is 0 Å². The van der Waals surface area contributed by atoms with Crippen LogP contribution >= 0.6 is 0 Å². The maximum atomic E-state index is 13.0. The fraction of sp³-hybridized carbons (Fsp3) is 0.550. The van der Waals surface area contributed by atoms with Gasteiger partial charge in [-0.2, -0.15) is 0 Å². The molecule has 0 spiro atoms. The molecule has 3 rings (SSSR count). The van der Waals surface area contributed by atoms with E-state index in [2.05, 4.69) is 28.6 Å². The van der Waals surface area contributed by atoms with Gasteiger partial charge >= 0.3 is 0 Å². The van der Waals surface area contributed by atoms with Crippen LogP contribution in [0.15, 0.2) is 24.5 Å². The van der Waals surface area contributed by atoms with Crippen molar-refractivity contribution in [1.29, 1.82) is 0 Å². The van der Waals surface area contributed by atoms with Crippen molar-refractivity contribution in [2.24, 2.45) is 5.92 Å². The lowest BCUT2D eigenvalue weighted by Gasteiger charge is -2.33. The van der Waals surface area contributed by atoms with Gasteiger partial charge in [0, 0.05) is 31.1 Å². The number of aromatic nitrogens is 3. The van der Waals surface area contributed by atoms with Crippen LogP contribution in [0.5, 0.6) is 11.5 Å². The van der Waals surface area contributed by atoms with Gasteiger partial charge in [0.1, 0.15) is 12.2 Å². The zero-order chi connectivity index (χ0) is 19.4. The Morgan fingerprint density at radius 3 is 2.74 bits per heavy atom. The molecule has 1 aliphatic heterocycles. The van der Waals surface area contributed by atoms with Crippen molar-refractivity contribution in [3.63, 3.8) is 0 Å². The summed E-state index contributed by atoms with van der Waals surface area (Å²) in [6.45, 7) is 5.76. The van der Waals surface area contributed by atoms with Gasteiger partial charge in [0.05, 0.1) is 14.2 Å². The molecule has 2 aromatic rings. The average molecular weight is 372 g/mol. The van der Waals surface area contributed by atoms with Gasteiger partial charge in [-0.25, -0.2) is 0 Å². The predicted molar refractivity (Wildman–Crippen MR) is 102 cm³/mol. The highest BCUT2D eigenvalue weighted by molar-refractivity contribution is 5.95. The van der Waals surface area contributed by atoms with Crippen molar-refractivity contribution in [3.8, 4) is 11.5 Å². The van der Waals surface area contributed by atoms with E-state index < -0.39 is 0 Å². The molecular formula is C20H28N4O3. The van der Waals surface area contributed by atoms with E-state index in [0.29, 0.717) is 29.0 Å². The third-order valence-corrected chi connectivity index (χ3v) is 5.11. The van der Waals surface area contributed by atoms with E-state index in [1.165, 1.54) is 0 Å². The molecule has 146 valence electrons. The maximum Gasteiger partial charge on any atom is 0.254 e. The predicted octanol–water partition coefficient (Wildman–Crippen LogP) is 2.97. The Hall–Kier alpha value is -2.57. The Bertz CT molecular complexity index is 787. The van der Waals surface area contributed by atoms with Crippen LogP contribution in [0.25, 0.3) is 0 Å². The van der Waals surface area contributed by atoms with Crippen molar-refractivity contribution >= 4 is 5.91 Å². The summed E-state index contributed by atoms with van der Waals surface area (Å²) in [6, 6.07) is 5.66. The number of carbonyl (C=O) groups is 1. The van der Waals surface area contributed by atoms with Crippen molar-refractivity contribution in [1.82, 2.24) is 19.7 Å². The SMILES string of the molecule is COc1ccc(C(=O)N2CCCC(Cc3nncn3C(C)C)C2)cc1OC. The summed E-state index contributed by atoms with van der Waals surface area (Å²) in [5.74, 6) is 2.62. The summed E-state index contributed by atoms with van der Waals surface area (Å²) < 4.78 is 12.7. The highest BCUT2D eigenvalue weighted by Crippen LogP contribution is 2.29. The number of methoxy groups -OCH3 is 2. The molecule has 1 saturated heterocycles. The minimum absolute atomic E-state index is 0.0333. The molecule has 1 aromatic heterocycles. The number of benzene rings is 1. The van der Waals surface area contributed by atoms with E-state index in [9.17, 15) is 4.79 Å². The van der Waals surface area contributed by atoms with Crippen LogP contribution in [0.2, 0.25) is 0 Å². The van der Waals surface area contributed by atoms with Gasteiger partial charge in [0.25, 0.3) is 5.91 Å². The fourth-order valence-electron chi connectivity index (χ4n) is 3.67. The molecular weight excluding hydrogens is 344 g/mol. The number of hydrogen-bond acceptors (Lipinski definition) is 5. The molecule has 1 aliphatic rings. The van der Waals surface area contributed by atoms with E-state index >= 15 is 0 Å². The molecule has 0 aliphatic carbocycles. The lowest BCUT2D eigenvalue weighted by atomic mass is 9.93. The molecule has 0 saturated carbocycles. The monoisotopic (exact) mass is 372 g/mol. The molecule has 0 radical (unpaired) electrons. The minimum atomic E-state index is 0.0333. The average Bonchev–Trinajstić information content (AvgIpc) is 3.15. The Balaban J connectivity index is 1.70. The first-order chi connectivity index (χ1) is 13.0. The van der Waals surface area contributed by atoms with Gasteiger partial charge < -0.3 is 18.9 Å². The molecule has 1 amide bonds. The number of rotatable bonds is 6. The number of amides is 1. The summed E-state index contributed by atoms with van der Waals surface area (Å²) in [7, 11) is 3.17. The number of hydrogen-bond donors (Lipinski definition) is 0. The summed E-state index contributed by atoms with van der Waals surface area (Å²) in [5.41, 5.74) is 0.624. The zero-order valence-corrected chi connectivity index (χ0v) is 16.5. The van der Waals surface area contributed by atoms with Crippen LogP contribution in [0.4, 0.5) is 0 Å². The summed E-state index contributed by atoms with van der Waals surface area (Å²) in [4.78, 5) is 14.9. The van der Waals surface area contributed by atoms with Crippen molar-refractivity contribution in [3.05, 3.63) is 35.9 Å². The van der Waals surface area contributed by atoms with Crippen LogP contribution in [0.3, 0.4) is 0 Å². The topological polar surface area (TPSA) is 69.5 Å². The van der Waals surface area contributed by atoms with Gasteiger partial charge in [-0.3, -0.25) is 4.79 Å². The van der Waals surface area contributed by atoms with Crippen LogP contribution in [0.1, 0.15) is 48.9 Å². The fourth-order valence-corrected chi connectivity index (χ4v) is 3.67. The van der Waals surface area contributed by atoms with Crippen LogP contribution in [0, 0.1) is 5.92 Å². The molecule has 0 bridgehead atoms. The van der Waals surface area contributed by atoms with Crippen LogP contribution in [-0.4, -0.2) is 52.9 Å². The Morgan fingerprint density at radius 1 is 1.26 bits per heavy atom. The number of ether oxygens (including phenoxy) is 2. The molecule has 0 N–H and O–H groups in total. The maximum absolute atomic E-state index is 13.0. The molecule has 7 heteroatoms. The van der Waals surface area contributed by atoms with Gasteiger partial charge in [-0.15, -0.1) is 10.2 Å². The first kappa shape index (κ1) is 19.2. The van der Waals surface area contributed by atoms with Crippen molar-refractivity contribution in [2.45, 2.75) is 39.2 Å². The third kappa shape index (κ3) is 4.23. The number of carbonyl (C=O) groups excluding carboxylic acids is 1. The summed E-state index contributed by atoms with van der Waals surface area (Å²) >= 11 is 0. The van der Waals surface area contributed by atoms with E-state index in [0.717, 1.165) is 38.2 Å². The van der Waals surface area contributed by atoms with Gasteiger partial charge in [0.2, 0.25) is 0 Å². The zero-order valence-electron chi connectivity index (χ0n) is 16.5.